The van der Waals surface area contributed by atoms with E-state index in [0.29, 0.717) is 6.54 Å². The molecule has 1 unspecified atom stereocenters. The van der Waals surface area contributed by atoms with Gasteiger partial charge in [0.25, 0.3) is 0 Å². The van der Waals surface area contributed by atoms with Crippen molar-refractivity contribution in [1.82, 2.24) is 10.2 Å². The first-order chi connectivity index (χ1) is 8.56. The van der Waals surface area contributed by atoms with Gasteiger partial charge in [0, 0.05) is 13.6 Å². The lowest BCUT2D eigenvalue weighted by molar-refractivity contribution is -0.132. The van der Waals surface area contributed by atoms with E-state index in [1.54, 1.807) is 19.2 Å². The average molecular weight is 249 g/mol. The van der Waals surface area contributed by atoms with Gasteiger partial charge in [-0.1, -0.05) is 30.3 Å². The van der Waals surface area contributed by atoms with Crippen molar-refractivity contribution < 1.29 is 9.59 Å². The molecule has 0 spiro atoms. The highest BCUT2D eigenvalue weighted by Crippen LogP contribution is 2.08. The molecule has 1 rings (SSSR count). The predicted molar refractivity (Wildman–Crippen MR) is 69.7 cm³/mol. The molecule has 0 aliphatic carbocycles. The van der Waals surface area contributed by atoms with Crippen LogP contribution in [0.4, 0.5) is 0 Å². The van der Waals surface area contributed by atoms with Gasteiger partial charge in [-0.25, -0.2) is 0 Å². The number of rotatable bonds is 5. The Labute approximate surface area is 107 Å². The van der Waals surface area contributed by atoms with Gasteiger partial charge in [-0.15, -0.1) is 0 Å². The second-order valence-corrected chi connectivity index (χ2v) is 4.01. The van der Waals surface area contributed by atoms with E-state index in [1.807, 2.05) is 25.1 Å². The van der Waals surface area contributed by atoms with Gasteiger partial charge in [-0.3, -0.25) is 9.59 Å². The van der Waals surface area contributed by atoms with Crippen LogP contribution in [0.25, 0.3) is 0 Å². The zero-order chi connectivity index (χ0) is 13.5. The third-order valence-corrected chi connectivity index (χ3v) is 2.76. The highest BCUT2D eigenvalue weighted by atomic mass is 16.2. The molecule has 5 heteroatoms. The van der Waals surface area contributed by atoms with Crippen molar-refractivity contribution in [3.63, 3.8) is 0 Å². The van der Waals surface area contributed by atoms with E-state index in [-0.39, 0.29) is 18.4 Å². The van der Waals surface area contributed by atoms with Crippen molar-refractivity contribution in [2.75, 3.05) is 20.1 Å². The molecule has 5 nitrogen and oxygen atoms in total. The van der Waals surface area contributed by atoms with E-state index in [9.17, 15) is 9.59 Å². The summed E-state index contributed by atoms with van der Waals surface area (Å²) in [5.74, 6) is -0.481. The minimum absolute atomic E-state index is 0.0241. The molecular formula is C13H19N3O2. The SMILES string of the molecule is CCN(C)C(=O)CNC(=O)C(N)c1ccccc1. The summed E-state index contributed by atoms with van der Waals surface area (Å²) in [5.41, 5.74) is 6.52. The average Bonchev–Trinajstić information content (AvgIpc) is 2.43. The van der Waals surface area contributed by atoms with Crippen molar-refractivity contribution >= 4 is 11.8 Å². The molecule has 0 aliphatic heterocycles. The van der Waals surface area contributed by atoms with E-state index in [4.69, 9.17) is 5.73 Å². The fraction of sp³-hybridized carbons (Fsp3) is 0.385. The van der Waals surface area contributed by atoms with Gasteiger partial charge >= 0.3 is 0 Å². The van der Waals surface area contributed by atoms with Crippen molar-refractivity contribution in [1.29, 1.82) is 0 Å². The number of amides is 2. The summed E-state index contributed by atoms with van der Waals surface area (Å²) in [6.07, 6.45) is 0. The van der Waals surface area contributed by atoms with Crippen molar-refractivity contribution in [2.45, 2.75) is 13.0 Å². The van der Waals surface area contributed by atoms with Gasteiger partial charge in [-0.05, 0) is 12.5 Å². The van der Waals surface area contributed by atoms with Gasteiger partial charge in [0.2, 0.25) is 11.8 Å². The number of nitrogens with two attached hydrogens (primary N) is 1. The Kier molecular flexibility index (Phi) is 5.32. The highest BCUT2D eigenvalue weighted by molar-refractivity contribution is 5.87. The van der Waals surface area contributed by atoms with Gasteiger partial charge in [0.05, 0.1) is 6.54 Å². The Hall–Kier alpha value is -1.88. The summed E-state index contributed by atoms with van der Waals surface area (Å²) >= 11 is 0. The van der Waals surface area contributed by atoms with Crippen molar-refractivity contribution in [2.24, 2.45) is 5.73 Å². The number of hydrogen-bond acceptors (Lipinski definition) is 3. The van der Waals surface area contributed by atoms with Crippen LogP contribution in [-0.2, 0) is 9.59 Å². The fourth-order valence-electron chi connectivity index (χ4n) is 1.40. The molecule has 2 amide bonds. The number of carbonyl (C=O) groups is 2. The number of likely N-dealkylation sites (N-methyl/N-ethyl adjacent to an activating group) is 1. The van der Waals surface area contributed by atoms with Crippen LogP contribution < -0.4 is 11.1 Å². The predicted octanol–water partition coefficient (Wildman–Crippen LogP) is 0.281. The largest absolute Gasteiger partial charge is 0.345 e. The molecule has 3 N–H and O–H groups in total. The molecule has 0 bridgehead atoms. The summed E-state index contributed by atoms with van der Waals surface area (Å²) in [7, 11) is 1.69. The lowest BCUT2D eigenvalue weighted by atomic mass is 10.1. The van der Waals surface area contributed by atoms with Crippen LogP contribution in [0, 0.1) is 0 Å². The minimum Gasteiger partial charge on any atom is -0.345 e. The van der Waals surface area contributed by atoms with Crippen LogP contribution in [0.3, 0.4) is 0 Å². The highest BCUT2D eigenvalue weighted by Gasteiger charge is 2.16. The van der Waals surface area contributed by atoms with E-state index >= 15 is 0 Å². The van der Waals surface area contributed by atoms with Crippen molar-refractivity contribution in [3.05, 3.63) is 35.9 Å². The topological polar surface area (TPSA) is 75.4 Å². The summed E-state index contributed by atoms with van der Waals surface area (Å²) in [6, 6.07) is 8.31. The molecule has 18 heavy (non-hydrogen) atoms. The van der Waals surface area contributed by atoms with Crippen LogP contribution in [-0.4, -0.2) is 36.9 Å². The molecule has 0 aromatic heterocycles. The summed E-state index contributed by atoms with van der Waals surface area (Å²) < 4.78 is 0. The van der Waals surface area contributed by atoms with Gasteiger partial charge in [0.15, 0.2) is 0 Å². The van der Waals surface area contributed by atoms with Crippen LogP contribution in [0.5, 0.6) is 0 Å². The Morgan fingerprint density at radius 1 is 1.33 bits per heavy atom. The molecule has 0 heterocycles. The Balaban J connectivity index is 2.49. The number of nitrogens with zero attached hydrogens (tertiary/aromatic N) is 1. The first kappa shape index (κ1) is 14.2. The number of hydrogen-bond donors (Lipinski definition) is 2. The molecule has 1 aromatic rings. The van der Waals surface area contributed by atoms with Crippen LogP contribution in [0.1, 0.15) is 18.5 Å². The van der Waals surface area contributed by atoms with Crippen molar-refractivity contribution in [3.8, 4) is 0 Å². The zero-order valence-electron chi connectivity index (χ0n) is 10.7. The van der Waals surface area contributed by atoms with E-state index in [1.165, 1.54) is 4.90 Å². The number of nitrogens with one attached hydrogen (secondary N) is 1. The smallest absolute Gasteiger partial charge is 0.241 e. The molecule has 0 saturated carbocycles. The molecule has 1 aromatic carbocycles. The second kappa shape index (κ2) is 6.76. The fourth-order valence-corrected chi connectivity index (χ4v) is 1.40. The maximum absolute atomic E-state index is 11.8. The molecule has 0 fully saturated rings. The third kappa shape index (κ3) is 3.85. The Bertz CT molecular complexity index is 406. The standard InChI is InChI=1S/C13H19N3O2/c1-3-16(2)11(17)9-15-13(18)12(14)10-7-5-4-6-8-10/h4-8,12H,3,9,14H2,1-2H3,(H,15,18). The maximum atomic E-state index is 11.8. The molecule has 0 radical (unpaired) electrons. The van der Waals surface area contributed by atoms with Gasteiger partial charge in [-0.2, -0.15) is 0 Å². The molecule has 0 saturated heterocycles. The quantitative estimate of drug-likeness (QED) is 0.787. The Morgan fingerprint density at radius 3 is 2.50 bits per heavy atom. The molecular weight excluding hydrogens is 230 g/mol. The van der Waals surface area contributed by atoms with Crippen LogP contribution in [0.15, 0.2) is 30.3 Å². The zero-order valence-corrected chi connectivity index (χ0v) is 10.7. The third-order valence-electron chi connectivity index (χ3n) is 2.76. The summed E-state index contributed by atoms with van der Waals surface area (Å²) in [6.45, 7) is 2.46. The lowest BCUT2D eigenvalue weighted by Gasteiger charge is -2.16. The Morgan fingerprint density at radius 2 is 1.94 bits per heavy atom. The molecule has 0 aliphatic rings. The van der Waals surface area contributed by atoms with Gasteiger partial charge < -0.3 is 16.0 Å². The monoisotopic (exact) mass is 249 g/mol. The van der Waals surface area contributed by atoms with E-state index in [0.717, 1.165) is 5.56 Å². The lowest BCUT2D eigenvalue weighted by Crippen LogP contribution is -2.41. The van der Waals surface area contributed by atoms with Crippen LogP contribution >= 0.6 is 0 Å². The number of benzene rings is 1. The normalized spacial score (nSPS) is 11.7. The summed E-state index contributed by atoms with van der Waals surface area (Å²) in [5, 5.41) is 2.54. The minimum atomic E-state index is -0.745. The van der Waals surface area contributed by atoms with E-state index < -0.39 is 6.04 Å². The molecule has 98 valence electrons. The molecule has 1 atom stereocenters. The summed E-state index contributed by atoms with van der Waals surface area (Å²) in [4.78, 5) is 24.8. The van der Waals surface area contributed by atoms with Gasteiger partial charge in [0.1, 0.15) is 6.04 Å². The first-order valence-corrected chi connectivity index (χ1v) is 5.88. The second-order valence-electron chi connectivity index (χ2n) is 4.01. The van der Waals surface area contributed by atoms with E-state index in [2.05, 4.69) is 5.32 Å². The number of carbonyl (C=O) groups excluding carboxylic acids is 2. The first-order valence-electron chi connectivity index (χ1n) is 5.88. The van der Waals surface area contributed by atoms with Crippen LogP contribution in [0.2, 0.25) is 0 Å². The maximum Gasteiger partial charge on any atom is 0.241 e.